The molecule has 2 heteroatoms. The van der Waals surface area contributed by atoms with Gasteiger partial charge in [-0.05, 0) is 127 Å². The van der Waals surface area contributed by atoms with Crippen molar-refractivity contribution in [2.75, 3.05) is 9.80 Å². The first-order valence-electron chi connectivity index (χ1n) is 21.9. The fraction of sp³-hybridized carbons (Fsp3) is 0. The number of nitrogens with zero attached hydrogens (tertiary/aromatic N) is 2. The maximum absolute atomic E-state index is 2.37. The highest BCUT2D eigenvalue weighted by Crippen LogP contribution is 2.43. The molecule has 0 aliphatic rings. The van der Waals surface area contributed by atoms with Gasteiger partial charge in [-0.1, -0.05) is 200 Å². The summed E-state index contributed by atoms with van der Waals surface area (Å²) in [5.41, 5.74) is 16.2. The molecular weight excluding hydrogens is 773 g/mol. The van der Waals surface area contributed by atoms with E-state index >= 15 is 0 Å². The molecule has 0 radical (unpaired) electrons. The Bertz CT molecular complexity index is 3330. The molecule has 11 aromatic rings. The van der Waals surface area contributed by atoms with Crippen LogP contribution in [0.2, 0.25) is 0 Å². The lowest BCUT2D eigenvalue weighted by Gasteiger charge is -2.28. The Kier molecular flexibility index (Phi) is 10.3. The summed E-state index contributed by atoms with van der Waals surface area (Å²) >= 11 is 0. The Morgan fingerprint density at radius 1 is 0.188 bits per heavy atom. The van der Waals surface area contributed by atoms with Gasteiger partial charge in [-0.25, -0.2) is 0 Å². The number of para-hydroxylation sites is 3. The van der Waals surface area contributed by atoms with Crippen molar-refractivity contribution in [1.82, 2.24) is 0 Å². The summed E-state index contributed by atoms with van der Waals surface area (Å²) in [6.07, 6.45) is 0. The van der Waals surface area contributed by atoms with Crippen LogP contribution in [0.1, 0.15) is 0 Å². The molecule has 0 bridgehead atoms. The molecule has 0 atom stereocenters. The van der Waals surface area contributed by atoms with Crippen LogP contribution in [0.25, 0.3) is 66.1 Å². The van der Waals surface area contributed by atoms with Crippen molar-refractivity contribution in [2.24, 2.45) is 0 Å². The largest absolute Gasteiger partial charge is 0.311 e. The van der Waals surface area contributed by atoms with Gasteiger partial charge in [0.1, 0.15) is 0 Å². The number of anilines is 6. The van der Waals surface area contributed by atoms with Gasteiger partial charge in [-0.3, -0.25) is 0 Å². The van der Waals surface area contributed by atoms with E-state index in [0.717, 1.165) is 45.3 Å². The van der Waals surface area contributed by atoms with Gasteiger partial charge in [-0.15, -0.1) is 0 Å². The van der Waals surface area contributed by atoms with E-state index in [2.05, 4.69) is 277 Å². The first kappa shape index (κ1) is 38.5. The number of fused-ring (bicyclic) bond motifs is 2. The predicted molar refractivity (Wildman–Crippen MR) is 273 cm³/mol. The average molecular weight is 817 g/mol. The van der Waals surface area contributed by atoms with Crippen molar-refractivity contribution in [1.29, 1.82) is 0 Å². The molecule has 11 aromatic carbocycles. The first-order chi connectivity index (χ1) is 31.7. The van der Waals surface area contributed by atoms with E-state index in [4.69, 9.17) is 0 Å². The molecule has 0 aromatic heterocycles. The van der Waals surface area contributed by atoms with Crippen molar-refractivity contribution in [3.05, 3.63) is 267 Å². The number of rotatable bonds is 10. The van der Waals surface area contributed by atoms with Crippen LogP contribution in [-0.4, -0.2) is 0 Å². The summed E-state index contributed by atoms with van der Waals surface area (Å²) in [7, 11) is 0. The van der Waals surface area contributed by atoms with Crippen molar-refractivity contribution < 1.29 is 0 Å². The zero-order valence-corrected chi connectivity index (χ0v) is 35.3. The van der Waals surface area contributed by atoms with Crippen LogP contribution >= 0.6 is 0 Å². The van der Waals surface area contributed by atoms with Gasteiger partial charge in [0, 0.05) is 34.0 Å². The topological polar surface area (TPSA) is 6.48 Å². The van der Waals surface area contributed by atoms with E-state index in [1.165, 1.54) is 54.9 Å². The number of benzene rings is 11. The van der Waals surface area contributed by atoms with Crippen LogP contribution in [0.5, 0.6) is 0 Å². The van der Waals surface area contributed by atoms with Crippen molar-refractivity contribution >= 4 is 55.7 Å². The third-order valence-corrected chi connectivity index (χ3v) is 12.3. The summed E-state index contributed by atoms with van der Waals surface area (Å²) in [6, 6.07) is 96.1. The van der Waals surface area contributed by atoms with Crippen molar-refractivity contribution in [2.45, 2.75) is 0 Å². The fourth-order valence-electron chi connectivity index (χ4n) is 9.12. The van der Waals surface area contributed by atoms with E-state index in [1.54, 1.807) is 0 Å². The summed E-state index contributed by atoms with van der Waals surface area (Å²) in [4.78, 5) is 4.69. The molecule has 0 saturated heterocycles. The Morgan fingerprint density at radius 2 is 0.500 bits per heavy atom. The van der Waals surface area contributed by atoms with Gasteiger partial charge < -0.3 is 9.80 Å². The minimum Gasteiger partial charge on any atom is -0.311 e. The molecule has 0 spiro atoms. The maximum atomic E-state index is 2.37. The average Bonchev–Trinajstić information content (AvgIpc) is 3.38. The summed E-state index contributed by atoms with van der Waals surface area (Å²) in [6.45, 7) is 0. The molecule has 0 aliphatic carbocycles. The third-order valence-electron chi connectivity index (χ3n) is 12.3. The van der Waals surface area contributed by atoms with Crippen LogP contribution < -0.4 is 9.80 Å². The maximum Gasteiger partial charge on any atom is 0.0540 e. The molecule has 64 heavy (non-hydrogen) atoms. The van der Waals surface area contributed by atoms with E-state index in [0.29, 0.717) is 0 Å². The van der Waals surface area contributed by atoms with Gasteiger partial charge in [0.2, 0.25) is 0 Å². The monoisotopic (exact) mass is 816 g/mol. The van der Waals surface area contributed by atoms with Crippen LogP contribution in [0.4, 0.5) is 34.1 Å². The lowest BCUT2D eigenvalue weighted by atomic mass is 9.97. The smallest absolute Gasteiger partial charge is 0.0540 e. The quantitative estimate of drug-likeness (QED) is 0.136. The Labute approximate surface area is 375 Å². The molecule has 0 fully saturated rings. The second kappa shape index (κ2) is 17.1. The highest BCUT2D eigenvalue weighted by molar-refractivity contribution is 5.98. The molecule has 11 rings (SSSR count). The lowest BCUT2D eigenvalue weighted by Crippen LogP contribution is -2.11. The number of hydrogen-bond donors (Lipinski definition) is 0. The van der Waals surface area contributed by atoms with Crippen LogP contribution in [0.3, 0.4) is 0 Å². The SMILES string of the molecule is c1ccc(N(c2ccc(-c3ccc(-c4ccccc4N(c4ccccc4)c4ccc(-c5cccc6ccccc56)cc4)cc3)cc2)c2ccc(-c3cccc4ccccc34)cc2)cc1. The lowest BCUT2D eigenvalue weighted by molar-refractivity contribution is 1.28. The van der Waals surface area contributed by atoms with Crippen LogP contribution in [0, 0.1) is 0 Å². The fourth-order valence-corrected chi connectivity index (χ4v) is 9.12. The molecule has 302 valence electrons. The van der Waals surface area contributed by atoms with Gasteiger partial charge in [0.25, 0.3) is 0 Å². The minimum absolute atomic E-state index is 1.10. The second-order valence-electron chi connectivity index (χ2n) is 16.1. The summed E-state index contributed by atoms with van der Waals surface area (Å²) in [5, 5.41) is 5.02. The van der Waals surface area contributed by atoms with E-state index in [-0.39, 0.29) is 0 Å². The normalized spacial score (nSPS) is 11.1. The molecule has 0 unspecified atom stereocenters. The second-order valence-corrected chi connectivity index (χ2v) is 16.1. The standard InChI is InChI=1S/C62H44N2/c1-3-19-52(20-4-1)63(55-41-35-49(36-42-55)59-26-13-17-47-15-7-9-23-57(47)59)54-39-33-46(34-40-54)45-29-31-51(32-30-45)61-25-11-12-28-62(61)64(53-21-5-2-6-22-53)56-43-37-50(38-44-56)60-27-14-18-48-16-8-10-24-58(48)60/h1-44H. The molecule has 0 N–H and O–H groups in total. The van der Waals surface area contributed by atoms with Crippen LogP contribution in [0.15, 0.2) is 267 Å². The highest BCUT2D eigenvalue weighted by atomic mass is 15.1. The Morgan fingerprint density at radius 3 is 1.02 bits per heavy atom. The van der Waals surface area contributed by atoms with Gasteiger partial charge in [-0.2, -0.15) is 0 Å². The Balaban J connectivity index is 0.888. The zero-order valence-electron chi connectivity index (χ0n) is 35.3. The highest BCUT2D eigenvalue weighted by Gasteiger charge is 2.18. The zero-order chi connectivity index (χ0) is 42.7. The minimum atomic E-state index is 1.10. The van der Waals surface area contributed by atoms with Gasteiger partial charge in [0.15, 0.2) is 0 Å². The Hall–Kier alpha value is -8.46. The first-order valence-corrected chi connectivity index (χ1v) is 21.9. The molecule has 0 aliphatic heterocycles. The van der Waals surface area contributed by atoms with E-state index in [1.807, 2.05) is 0 Å². The molecule has 0 heterocycles. The number of hydrogen-bond acceptors (Lipinski definition) is 2. The molecule has 0 amide bonds. The molecule has 0 saturated carbocycles. The third kappa shape index (κ3) is 7.48. The van der Waals surface area contributed by atoms with Crippen molar-refractivity contribution in [3.8, 4) is 44.5 Å². The van der Waals surface area contributed by atoms with Gasteiger partial charge in [0.05, 0.1) is 5.69 Å². The van der Waals surface area contributed by atoms with E-state index < -0.39 is 0 Å². The molecule has 2 nitrogen and oxygen atoms in total. The summed E-state index contributed by atoms with van der Waals surface area (Å²) < 4.78 is 0. The van der Waals surface area contributed by atoms with E-state index in [9.17, 15) is 0 Å². The van der Waals surface area contributed by atoms with Crippen LogP contribution in [-0.2, 0) is 0 Å². The van der Waals surface area contributed by atoms with Gasteiger partial charge >= 0.3 is 0 Å². The summed E-state index contributed by atoms with van der Waals surface area (Å²) in [5.74, 6) is 0. The van der Waals surface area contributed by atoms with Crippen molar-refractivity contribution in [3.63, 3.8) is 0 Å². The molecular formula is C62H44N2. The predicted octanol–water partition coefficient (Wildman–Crippen LogP) is 17.6.